The average Bonchev–Trinajstić information content (AvgIpc) is 2.40. The summed E-state index contributed by atoms with van der Waals surface area (Å²) in [5.41, 5.74) is 3.57. The average molecular weight is 278 g/mol. The molecule has 1 aliphatic rings. The van der Waals surface area contributed by atoms with Gasteiger partial charge in [0.15, 0.2) is 0 Å². The van der Waals surface area contributed by atoms with Crippen molar-refractivity contribution >= 4 is 29.0 Å². The molecular weight excluding hydrogens is 258 g/mol. The molecule has 3 nitrogen and oxygen atoms in total. The van der Waals surface area contributed by atoms with Crippen molar-refractivity contribution < 1.29 is 0 Å². The summed E-state index contributed by atoms with van der Waals surface area (Å²) in [6.45, 7) is 4.36. The highest BCUT2D eigenvalue weighted by Crippen LogP contribution is 2.23. The number of hydrogen-bond donors (Lipinski definition) is 2. The third-order valence-corrected chi connectivity index (χ3v) is 3.61. The lowest BCUT2D eigenvalue weighted by Gasteiger charge is -2.25. The molecule has 0 radical (unpaired) electrons. The highest BCUT2D eigenvalue weighted by atomic mass is 35.5. The van der Waals surface area contributed by atoms with Crippen LogP contribution in [0.25, 0.3) is 10.9 Å². The van der Waals surface area contributed by atoms with Crippen molar-refractivity contribution in [2.75, 3.05) is 18.4 Å². The highest BCUT2D eigenvalue weighted by Gasteiger charge is 2.12. The lowest BCUT2D eigenvalue weighted by atomic mass is 10.0. The highest BCUT2D eigenvalue weighted by molar-refractivity contribution is 5.85. The molecule has 0 unspecified atom stereocenters. The predicted octanol–water partition coefficient (Wildman–Crippen LogP) is 3.13. The van der Waals surface area contributed by atoms with Crippen LogP contribution in [0.2, 0.25) is 0 Å². The largest absolute Gasteiger partial charge is 0.382 e. The Labute approximate surface area is 120 Å². The van der Waals surface area contributed by atoms with E-state index in [0.29, 0.717) is 6.04 Å². The Morgan fingerprint density at radius 1 is 1.26 bits per heavy atom. The van der Waals surface area contributed by atoms with Gasteiger partial charge in [0.1, 0.15) is 0 Å². The summed E-state index contributed by atoms with van der Waals surface area (Å²) in [5.74, 6) is 0. The first-order valence-corrected chi connectivity index (χ1v) is 6.65. The first-order chi connectivity index (χ1) is 8.83. The van der Waals surface area contributed by atoms with Gasteiger partial charge in [-0.2, -0.15) is 0 Å². The molecule has 1 fully saturated rings. The van der Waals surface area contributed by atoms with Crippen LogP contribution in [0.3, 0.4) is 0 Å². The van der Waals surface area contributed by atoms with Gasteiger partial charge in [0.05, 0.1) is 5.52 Å². The maximum atomic E-state index is 4.43. The number of halogens is 1. The van der Waals surface area contributed by atoms with E-state index in [1.165, 1.54) is 29.5 Å². The van der Waals surface area contributed by atoms with Crippen LogP contribution < -0.4 is 10.6 Å². The minimum absolute atomic E-state index is 0. The smallest absolute Gasteiger partial charge is 0.0732 e. The summed E-state index contributed by atoms with van der Waals surface area (Å²) in [5, 5.41) is 8.25. The zero-order valence-electron chi connectivity index (χ0n) is 11.1. The second-order valence-electron chi connectivity index (χ2n) is 5.04. The fraction of sp³-hybridized carbons (Fsp3) is 0.400. The van der Waals surface area contributed by atoms with E-state index in [1.807, 2.05) is 12.3 Å². The van der Waals surface area contributed by atoms with Crippen molar-refractivity contribution in [3.8, 4) is 0 Å². The molecule has 0 amide bonds. The van der Waals surface area contributed by atoms with Gasteiger partial charge in [0.2, 0.25) is 0 Å². The predicted molar refractivity (Wildman–Crippen MR) is 83.2 cm³/mol. The van der Waals surface area contributed by atoms with Gasteiger partial charge in [-0.25, -0.2) is 0 Å². The number of hydrogen-bond acceptors (Lipinski definition) is 3. The Hall–Kier alpha value is -1.32. The van der Waals surface area contributed by atoms with Crippen LogP contribution in [0, 0.1) is 6.92 Å². The third kappa shape index (κ3) is 3.17. The van der Waals surface area contributed by atoms with E-state index in [0.717, 1.165) is 18.6 Å². The number of rotatable bonds is 2. The van der Waals surface area contributed by atoms with E-state index in [4.69, 9.17) is 0 Å². The molecule has 102 valence electrons. The molecule has 1 saturated heterocycles. The van der Waals surface area contributed by atoms with E-state index in [2.05, 4.69) is 40.7 Å². The normalized spacial score (nSPS) is 16.1. The Bertz CT molecular complexity index is 550. The van der Waals surface area contributed by atoms with Crippen LogP contribution in [0.5, 0.6) is 0 Å². The number of nitrogens with zero attached hydrogens (tertiary/aromatic N) is 1. The Morgan fingerprint density at radius 2 is 2.05 bits per heavy atom. The maximum absolute atomic E-state index is 4.43. The van der Waals surface area contributed by atoms with Crippen molar-refractivity contribution in [2.45, 2.75) is 25.8 Å². The summed E-state index contributed by atoms with van der Waals surface area (Å²) < 4.78 is 0. The third-order valence-electron chi connectivity index (χ3n) is 3.61. The summed E-state index contributed by atoms with van der Waals surface area (Å²) in [4.78, 5) is 4.43. The Balaban J connectivity index is 0.00000133. The van der Waals surface area contributed by atoms with Crippen molar-refractivity contribution in [3.05, 3.63) is 36.0 Å². The lowest BCUT2D eigenvalue weighted by molar-refractivity contribution is 0.479. The monoisotopic (exact) mass is 277 g/mol. The van der Waals surface area contributed by atoms with Gasteiger partial charge in [0.25, 0.3) is 0 Å². The summed E-state index contributed by atoms with van der Waals surface area (Å²) in [7, 11) is 0. The van der Waals surface area contributed by atoms with Crippen molar-refractivity contribution in [1.82, 2.24) is 10.3 Å². The SMILES string of the molecule is Cc1cc(NC2CCNCC2)cc2cccnc12.Cl. The Morgan fingerprint density at radius 3 is 2.84 bits per heavy atom. The summed E-state index contributed by atoms with van der Waals surface area (Å²) >= 11 is 0. The fourth-order valence-corrected chi connectivity index (χ4v) is 2.66. The minimum Gasteiger partial charge on any atom is -0.382 e. The number of aryl methyl sites for hydroxylation is 1. The van der Waals surface area contributed by atoms with Crippen LogP contribution in [0.1, 0.15) is 18.4 Å². The number of aromatic nitrogens is 1. The zero-order valence-corrected chi connectivity index (χ0v) is 12.0. The molecule has 1 aliphatic heterocycles. The summed E-state index contributed by atoms with van der Waals surface area (Å²) in [6.07, 6.45) is 4.25. The topological polar surface area (TPSA) is 37.0 Å². The van der Waals surface area contributed by atoms with Gasteiger partial charge in [-0.1, -0.05) is 6.07 Å². The number of pyridine rings is 1. The minimum atomic E-state index is 0. The number of nitrogens with one attached hydrogen (secondary N) is 2. The first-order valence-electron chi connectivity index (χ1n) is 6.65. The van der Waals surface area contributed by atoms with Crippen molar-refractivity contribution in [2.24, 2.45) is 0 Å². The van der Waals surface area contributed by atoms with Crippen LogP contribution in [0.15, 0.2) is 30.5 Å². The van der Waals surface area contributed by atoms with Gasteiger partial charge in [0, 0.05) is 23.3 Å². The second-order valence-corrected chi connectivity index (χ2v) is 5.04. The molecule has 2 aromatic rings. The van der Waals surface area contributed by atoms with E-state index < -0.39 is 0 Å². The number of benzene rings is 1. The molecule has 0 saturated carbocycles. The zero-order chi connectivity index (χ0) is 12.4. The standard InChI is InChI=1S/C15H19N3.ClH/c1-11-9-14(18-13-4-7-16-8-5-13)10-12-3-2-6-17-15(11)12;/h2-3,6,9-10,13,16,18H,4-5,7-8H2,1H3;1H. The molecule has 1 aromatic carbocycles. The molecule has 0 atom stereocenters. The first kappa shape index (κ1) is 14.1. The number of piperidine rings is 1. The van der Waals surface area contributed by atoms with Gasteiger partial charge in [-0.05, 0) is 56.6 Å². The van der Waals surface area contributed by atoms with Crippen molar-refractivity contribution in [3.63, 3.8) is 0 Å². The van der Waals surface area contributed by atoms with E-state index >= 15 is 0 Å². The van der Waals surface area contributed by atoms with Crippen molar-refractivity contribution in [1.29, 1.82) is 0 Å². The van der Waals surface area contributed by atoms with Gasteiger partial charge < -0.3 is 10.6 Å². The maximum Gasteiger partial charge on any atom is 0.0732 e. The lowest BCUT2D eigenvalue weighted by Crippen LogP contribution is -2.35. The summed E-state index contributed by atoms with van der Waals surface area (Å²) in [6, 6.07) is 9.13. The molecule has 0 bridgehead atoms. The van der Waals surface area contributed by atoms with E-state index in [1.54, 1.807) is 0 Å². The Kier molecular flexibility index (Phi) is 4.61. The molecule has 1 aromatic heterocycles. The molecule has 19 heavy (non-hydrogen) atoms. The quantitative estimate of drug-likeness (QED) is 0.886. The molecule has 2 N–H and O–H groups in total. The molecule has 0 aliphatic carbocycles. The van der Waals surface area contributed by atoms with Crippen LogP contribution >= 0.6 is 12.4 Å². The number of fused-ring (bicyclic) bond motifs is 1. The van der Waals surface area contributed by atoms with Gasteiger partial charge in [-0.15, -0.1) is 12.4 Å². The molecular formula is C15H20ClN3. The molecule has 4 heteroatoms. The second kappa shape index (κ2) is 6.22. The molecule has 0 spiro atoms. The fourth-order valence-electron chi connectivity index (χ4n) is 2.66. The van der Waals surface area contributed by atoms with Gasteiger partial charge in [-0.3, -0.25) is 4.98 Å². The molecule has 3 rings (SSSR count). The van der Waals surface area contributed by atoms with E-state index in [9.17, 15) is 0 Å². The van der Waals surface area contributed by atoms with Crippen LogP contribution in [0.4, 0.5) is 5.69 Å². The van der Waals surface area contributed by atoms with Gasteiger partial charge >= 0.3 is 0 Å². The van der Waals surface area contributed by atoms with Crippen LogP contribution in [-0.2, 0) is 0 Å². The number of anilines is 1. The molecule has 2 heterocycles. The van der Waals surface area contributed by atoms with Crippen LogP contribution in [-0.4, -0.2) is 24.1 Å². The van der Waals surface area contributed by atoms with E-state index in [-0.39, 0.29) is 12.4 Å².